The average Bonchev–Trinajstić information content (AvgIpc) is 2.19. The normalized spacial score (nSPS) is 27.6. The third-order valence-corrected chi connectivity index (χ3v) is 3.06. The summed E-state index contributed by atoms with van der Waals surface area (Å²) in [5, 5.41) is 0. The van der Waals surface area contributed by atoms with E-state index >= 15 is 0 Å². The zero-order valence-electron chi connectivity index (χ0n) is 8.25. The van der Waals surface area contributed by atoms with Crippen LogP contribution in [0.5, 0.6) is 0 Å². The van der Waals surface area contributed by atoms with Crippen molar-refractivity contribution in [3.8, 4) is 0 Å². The first-order chi connectivity index (χ1) is 6.75. The van der Waals surface area contributed by atoms with Gasteiger partial charge >= 0.3 is 0 Å². The van der Waals surface area contributed by atoms with Gasteiger partial charge in [-0.2, -0.15) is 0 Å². The van der Waals surface area contributed by atoms with Crippen LogP contribution < -0.4 is 5.73 Å². The molecule has 0 heterocycles. The van der Waals surface area contributed by atoms with Gasteiger partial charge in [-0.15, -0.1) is 0 Å². The number of hydrogen-bond donors (Lipinski definition) is 1. The molecule has 0 amide bonds. The molecule has 1 fully saturated rings. The summed E-state index contributed by atoms with van der Waals surface area (Å²) >= 11 is 0. The summed E-state index contributed by atoms with van der Waals surface area (Å²) in [6.07, 6.45) is 4.58. The van der Waals surface area contributed by atoms with Gasteiger partial charge in [0.25, 0.3) is 0 Å². The molecule has 2 N–H and O–H groups in total. The van der Waals surface area contributed by atoms with Gasteiger partial charge in [0.15, 0.2) is 0 Å². The molecule has 1 nitrogen and oxygen atoms in total. The van der Waals surface area contributed by atoms with Crippen LogP contribution in [0.15, 0.2) is 24.3 Å². The molecule has 2 rings (SSSR count). The van der Waals surface area contributed by atoms with Crippen LogP contribution in [0.2, 0.25) is 0 Å². The highest BCUT2D eigenvalue weighted by atomic mass is 19.1. The Labute approximate surface area is 84.1 Å². The molecule has 14 heavy (non-hydrogen) atoms. The maximum absolute atomic E-state index is 12.7. The first kappa shape index (κ1) is 9.66. The molecule has 2 atom stereocenters. The minimum atomic E-state index is -0.158. The van der Waals surface area contributed by atoms with Crippen LogP contribution in [0.25, 0.3) is 0 Å². The van der Waals surface area contributed by atoms with Crippen LogP contribution in [-0.4, -0.2) is 6.04 Å². The molecule has 0 aromatic heterocycles. The second kappa shape index (κ2) is 4.09. The third-order valence-electron chi connectivity index (χ3n) is 3.06. The smallest absolute Gasteiger partial charge is 0.123 e. The quantitative estimate of drug-likeness (QED) is 0.729. The van der Waals surface area contributed by atoms with E-state index in [4.69, 9.17) is 5.73 Å². The van der Waals surface area contributed by atoms with Gasteiger partial charge < -0.3 is 5.73 Å². The van der Waals surface area contributed by atoms with Crippen molar-refractivity contribution in [1.29, 1.82) is 0 Å². The third kappa shape index (κ3) is 2.13. The van der Waals surface area contributed by atoms with E-state index in [1.54, 1.807) is 0 Å². The van der Waals surface area contributed by atoms with Gasteiger partial charge in [-0.3, -0.25) is 0 Å². The van der Waals surface area contributed by atoms with E-state index in [2.05, 4.69) is 0 Å². The lowest BCUT2D eigenvalue weighted by Gasteiger charge is -2.26. The van der Waals surface area contributed by atoms with Crippen molar-refractivity contribution in [2.24, 2.45) is 5.73 Å². The number of rotatable bonds is 1. The minimum Gasteiger partial charge on any atom is -0.328 e. The van der Waals surface area contributed by atoms with Crippen molar-refractivity contribution in [3.05, 3.63) is 35.6 Å². The van der Waals surface area contributed by atoms with E-state index in [-0.39, 0.29) is 5.82 Å². The van der Waals surface area contributed by atoms with Crippen LogP contribution in [0.3, 0.4) is 0 Å². The van der Waals surface area contributed by atoms with E-state index in [1.807, 2.05) is 12.1 Å². The SMILES string of the molecule is N[C@H]1CCC[C@@H](c2ccc(F)cc2)C1. The summed E-state index contributed by atoms with van der Waals surface area (Å²) in [5.41, 5.74) is 7.16. The molecule has 0 bridgehead atoms. The van der Waals surface area contributed by atoms with E-state index in [9.17, 15) is 4.39 Å². The summed E-state index contributed by atoms with van der Waals surface area (Å²) in [7, 11) is 0. The Balaban J connectivity index is 2.10. The molecular weight excluding hydrogens is 177 g/mol. The number of nitrogens with two attached hydrogens (primary N) is 1. The maximum atomic E-state index is 12.7. The molecule has 2 heteroatoms. The van der Waals surface area contributed by atoms with Gasteiger partial charge in [0.1, 0.15) is 5.82 Å². The fraction of sp³-hybridized carbons (Fsp3) is 0.500. The van der Waals surface area contributed by atoms with Gasteiger partial charge in [-0.05, 0) is 42.9 Å². The summed E-state index contributed by atoms with van der Waals surface area (Å²) < 4.78 is 12.7. The second-order valence-electron chi connectivity index (χ2n) is 4.18. The molecule has 1 aromatic rings. The molecule has 0 radical (unpaired) electrons. The molecule has 0 aliphatic heterocycles. The fourth-order valence-corrected chi connectivity index (χ4v) is 2.27. The van der Waals surface area contributed by atoms with Crippen molar-refractivity contribution in [2.75, 3.05) is 0 Å². The molecule has 76 valence electrons. The molecule has 1 aliphatic carbocycles. The Kier molecular flexibility index (Phi) is 2.82. The van der Waals surface area contributed by atoms with Crippen molar-refractivity contribution in [2.45, 2.75) is 37.6 Å². The molecule has 0 unspecified atom stereocenters. The van der Waals surface area contributed by atoms with Crippen molar-refractivity contribution >= 4 is 0 Å². The molecule has 1 aliphatic rings. The Bertz CT molecular complexity index is 294. The Morgan fingerprint density at radius 2 is 1.86 bits per heavy atom. The highest BCUT2D eigenvalue weighted by molar-refractivity contribution is 5.21. The van der Waals surface area contributed by atoms with Crippen LogP contribution in [0.4, 0.5) is 4.39 Å². The standard InChI is InChI=1S/C12H16FN/c13-11-6-4-9(5-7-11)10-2-1-3-12(14)8-10/h4-7,10,12H,1-3,8,14H2/t10-,12+/m1/s1. The average molecular weight is 193 g/mol. The lowest BCUT2D eigenvalue weighted by Crippen LogP contribution is -2.26. The first-order valence-corrected chi connectivity index (χ1v) is 5.27. The highest BCUT2D eigenvalue weighted by Crippen LogP contribution is 2.31. The lowest BCUT2D eigenvalue weighted by atomic mass is 9.82. The molecule has 0 spiro atoms. The summed E-state index contributed by atoms with van der Waals surface area (Å²) in [6, 6.07) is 7.18. The summed E-state index contributed by atoms with van der Waals surface area (Å²) in [6.45, 7) is 0. The monoisotopic (exact) mass is 193 g/mol. The Morgan fingerprint density at radius 1 is 1.14 bits per heavy atom. The van der Waals surface area contributed by atoms with E-state index < -0.39 is 0 Å². The van der Waals surface area contributed by atoms with Gasteiger partial charge in [-0.1, -0.05) is 18.6 Å². The lowest BCUT2D eigenvalue weighted by molar-refractivity contribution is 0.393. The van der Waals surface area contributed by atoms with Gasteiger partial charge in [0.05, 0.1) is 0 Å². The first-order valence-electron chi connectivity index (χ1n) is 5.27. The van der Waals surface area contributed by atoms with Crippen LogP contribution >= 0.6 is 0 Å². The Morgan fingerprint density at radius 3 is 2.50 bits per heavy atom. The zero-order chi connectivity index (χ0) is 9.97. The molecule has 0 saturated heterocycles. The minimum absolute atomic E-state index is 0.158. The second-order valence-corrected chi connectivity index (χ2v) is 4.18. The summed E-state index contributed by atoms with van der Waals surface area (Å²) in [5.74, 6) is 0.383. The highest BCUT2D eigenvalue weighted by Gasteiger charge is 2.20. The van der Waals surface area contributed by atoms with Gasteiger partial charge in [0, 0.05) is 6.04 Å². The number of benzene rings is 1. The topological polar surface area (TPSA) is 26.0 Å². The van der Waals surface area contributed by atoms with Crippen molar-refractivity contribution in [1.82, 2.24) is 0 Å². The van der Waals surface area contributed by atoms with Gasteiger partial charge in [0.2, 0.25) is 0 Å². The number of hydrogen-bond acceptors (Lipinski definition) is 1. The zero-order valence-corrected chi connectivity index (χ0v) is 8.25. The summed E-state index contributed by atoms with van der Waals surface area (Å²) in [4.78, 5) is 0. The number of halogens is 1. The van der Waals surface area contributed by atoms with Crippen LogP contribution in [0.1, 0.15) is 37.2 Å². The predicted molar refractivity (Wildman–Crippen MR) is 55.6 cm³/mol. The predicted octanol–water partition coefficient (Wildman–Crippen LogP) is 2.81. The largest absolute Gasteiger partial charge is 0.328 e. The van der Waals surface area contributed by atoms with E-state index in [0.29, 0.717) is 12.0 Å². The molecule has 1 aromatic carbocycles. The van der Waals surface area contributed by atoms with E-state index in [1.165, 1.54) is 30.5 Å². The van der Waals surface area contributed by atoms with Crippen LogP contribution in [0, 0.1) is 5.82 Å². The maximum Gasteiger partial charge on any atom is 0.123 e. The van der Waals surface area contributed by atoms with E-state index in [0.717, 1.165) is 12.8 Å². The van der Waals surface area contributed by atoms with Crippen molar-refractivity contribution < 1.29 is 4.39 Å². The fourth-order valence-electron chi connectivity index (χ4n) is 2.27. The van der Waals surface area contributed by atoms with Crippen molar-refractivity contribution in [3.63, 3.8) is 0 Å². The van der Waals surface area contributed by atoms with Gasteiger partial charge in [-0.25, -0.2) is 4.39 Å². The Hall–Kier alpha value is -0.890. The molecule has 1 saturated carbocycles. The molecular formula is C12H16FN. The van der Waals surface area contributed by atoms with Crippen LogP contribution in [-0.2, 0) is 0 Å².